The molecule has 0 aliphatic carbocycles. The molecule has 0 aliphatic rings. The first-order chi connectivity index (χ1) is 14.2. The molecule has 0 radical (unpaired) electrons. The Morgan fingerprint density at radius 1 is 0.828 bits per heavy atom. The standard InChI is InChI=1S/C23H18O2S4/c1-3-13-9-15(20-12-22-18(29-20)6-8-27-22)16(23(24)25-4-2)10-14(13)19-11-21-17(28-19)5-7-26-21/h5-12H,3-4H2,1-2H3. The van der Waals surface area contributed by atoms with E-state index in [2.05, 4.69) is 54.1 Å². The number of rotatable bonds is 5. The van der Waals surface area contributed by atoms with E-state index in [4.69, 9.17) is 4.74 Å². The van der Waals surface area contributed by atoms with Crippen LogP contribution in [0.3, 0.4) is 0 Å². The van der Waals surface area contributed by atoms with Gasteiger partial charge in [-0.2, -0.15) is 0 Å². The molecule has 29 heavy (non-hydrogen) atoms. The van der Waals surface area contributed by atoms with Crippen LogP contribution in [0.2, 0.25) is 0 Å². The largest absolute Gasteiger partial charge is 0.462 e. The fourth-order valence-electron chi connectivity index (χ4n) is 3.55. The zero-order valence-electron chi connectivity index (χ0n) is 16.0. The highest BCUT2D eigenvalue weighted by molar-refractivity contribution is 7.29. The summed E-state index contributed by atoms with van der Waals surface area (Å²) in [6.45, 7) is 4.40. The van der Waals surface area contributed by atoms with Gasteiger partial charge in [-0.3, -0.25) is 0 Å². The maximum absolute atomic E-state index is 12.9. The predicted octanol–water partition coefficient (Wildman–Crippen LogP) is 8.31. The molecule has 0 atom stereocenters. The normalized spacial score (nSPS) is 11.5. The van der Waals surface area contributed by atoms with Crippen LogP contribution in [0.15, 0.2) is 47.2 Å². The molecule has 146 valence electrons. The van der Waals surface area contributed by atoms with Crippen molar-refractivity contribution in [2.45, 2.75) is 20.3 Å². The minimum Gasteiger partial charge on any atom is -0.462 e. The number of benzene rings is 1. The van der Waals surface area contributed by atoms with Crippen LogP contribution in [0.5, 0.6) is 0 Å². The maximum atomic E-state index is 12.9. The van der Waals surface area contributed by atoms with Gasteiger partial charge in [0, 0.05) is 34.1 Å². The molecule has 0 unspecified atom stereocenters. The van der Waals surface area contributed by atoms with Gasteiger partial charge >= 0.3 is 5.97 Å². The molecule has 0 saturated heterocycles. The Morgan fingerprint density at radius 2 is 1.45 bits per heavy atom. The lowest BCUT2D eigenvalue weighted by Crippen LogP contribution is -2.07. The number of carbonyl (C=O) groups is 1. The van der Waals surface area contributed by atoms with Crippen molar-refractivity contribution in [3.63, 3.8) is 0 Å². The fraction of sp³-hybridized carbons (Fsp3) is 0.174. The molecule has 5 aromatic rings. The molecule has 2 nitrogen and oxygen atoms in total. The van der Waals surface area contributed by atoms with Gasteiger partial charge in [-0.1, -0.05) is 6.92 Å². The van der Waals surface area contributed by atoms with Crippen molar-refractivity contribution in [3.05, 3.63) is 58.3 Å². The summed E-state index contributed by atoms with van der Waals surface area (Å²) in [5, 5.41) is 4.24. The zero-order valence-corrected chi connectivity index (χ0v) is 19.2. The van der Waals surface area contributed by atoms with Gasteiger partial charge < -0.3 is 4.74 Å². The Labute approximate surface area is 185 Å². The molecule has 4 heterocycles. The van der Waals surface area contributed by atoms with Gasteiger partial charge in [0.05, 0.1) is 12.2 Å². The molecular formula is C23H18O2S4. The number of hydrogen-bond donors (Lipinski definition) is 0. The summed E-state index contributed by atoms with van der Waals surface area (Å²) in [5.74, 6) is -0.249. The second kappa shape index (κ2) is 7.69. The number of thiophene rings is 4. The fourth-order valence-corrected chi connectivity index (χ4v) is 7.84. The average molecular weight is 455 g/mol. The van der Waals surface area contributed by atoms with Gasteiger partial charge in [0.15, 0.2) is 0 Å². The molecule has 0 aliphatic heterocycles. The lowest BCUT2D eigenvalue weighted by Gasteiger charge is -2.14. The third kappa shape index (κ3) is 3.34. The summed E-state index contributed by atoms with van der Waals surface area (Å²) in [6, 6.07) is 13.0. The quantitative estimate of drug-likeness (QED) is 0.250. The summed E-state index contributed by atoms with van der Waals surface area (Å²) in [7, 11) is 0. The van der Waals surface area contributed by atoms with Crippen LogP contribution in [0.25, 0.3) is 39.7 Å². The van der Waals surface area contributed by atoms with E-state index in [0.717, 1.165) is 22.4 Å². The monoisotopic (exact) mass is 454 g/mol. The molecule has 0 amide bonds. The van der Waals surface area contributed by atoms with Gasteiger partial charge in [0.25, 0.3) is 0 Å². The maximum Gasteiger partial charge on any atom is 0.338 e. The molecule has 0 N–H and O–H groups in total. The van der Waals surface area contributed by atoms with Crippen LogP contribution >= 0.6 is 45.3 Å². The van der Waals surface area contributed by atoms with Crippen molar-refractivity contribution in [2.24, 2.45) is 0 Å². The molecule has 0 fully saturated rings. The lowest BCUT2D eigenvalue weighted by atomic mass is 9.95. The second-order valence-corrected chi connectivity index (χ2v) is 10.7. The minimum absolute atomic E-state index is 0.249. The highest BCUT2D eigenvalue weighted by Gasteiger charge is 2.21. The summed E-state index contributed by atoms with van der Waals surface area (Å²) >= 11 is 7.03. The van der Waals surface area contributed by atoms with E-state index in [1.807, 2.05) is 6.92 Å². The van der Waals surface area contributed by atoms with Crippen molar-refractivity contribution >= 4 is 70.1 Å². The van der Waals surface area contributed by atoms with E-state index in [9.17, 15) is 4.79 Å². The molecule has 4 aromatic heterocycles. The van der Waals surface area contributed by atoms with Crippen molar-refractivity contribution in [2.75, 3.05) is 6.61 Å². The second-order valence-electron chi connectivity index (χ2n) is 6.65. The van der Waals surface area contributed by atoms with E-state index in [0.29, 0.717) is 12.2 Å². The topological polar surface area (TPSA) is 26.3 Å². The Hall–Kier alpha value is -1.99. The third-order valence-electron chi connectivity index (χ3n) is 4.93. The van der Waals surface area contributed by atoms with Crippen molar-refractivity contribution < 1.29 is 9.53 Å². The number of carbonyl (C=O) groups excluding carboxylic acids is 1. The Bertz CT molecular complexity index is 1270. The summed E-state index contributed by atoms with van der Waals surface area (Å²) < 4.78 is 10.6. The lowest BCUT2D eigenvalue weighted by molar-refractivity contribution is 0.0527. The molecule has 1 aromatic carbocycles. The van der Waals surface area contributed by atoms with Crippen LogP contribution in [0.4, 0.5) is 0 Å². The van der Waals surface area contributed by atoms with Crippen LogP contribution in [0, 0.1) is 0 Å². The van der Waals surface area contributed by atoms with Gasteiger partial charge in [-0.15, -0.1) is 45.3 Å². The zero-order chi connectivity index (χ0) is 20.0. The number of hydrogen-bond acceptors (Lipinski definition) is 6. The van der Waals surface area contributed by atoms with Gasteiger partial charge in [-0.25, -0.2) is 4.79 Å². The van der Waals surface area contributed by atoms with E-state index >= 15 is 0 Å². The molecule has 0 saturated carbocycles. The van der Waals surface area contributed by atoms with Gasteiger partial charge in [0.2, 0.25) is 0 Å². The number of aryl methyl sites for hydroxylation is 1. The number of esters is 1. The highest BCUT2D eigenvalue weighted by Crippen LogP contribution is 2.43. The van der Waals surface area contributed by atoms with Crippen molar-refractivity contribution in [1.29, 1.82) is 0 Å². The average Bonchev–Trinajstić information content (AvgIpc) is 3.46. The minimum atomic E-state index is -0.249. The SMILES string of the molecule is CCOC(=O)c1cc(-c2cc3sccc3s2)c(CC)cc1-c1cc2sccc2s1. The van der Waals surface area contributed by atoms with Crippen molar-refractivity contribution in [1.82, 2.24) is 0 Å². The van der Waals surface area contributed by atoms with Crippen LogP contribution in [0.1, 0.15) is 29.8 Å². The predicted molar refractivity (Wildman–Crippen MR) is 129 cm³/mol. The Kier molecular flexibility index (Phi) is 5.04. The molecule has 0 spiro atoms. The third-order valence-corrected chi connectivity index (χ3v) is 9.18. The number of ether oxygens (including phenoxy) is 1. The van der Waals surface area contributed by atoms with Crippen LogP contribution in [-0.2, 0) is 11.2 Å². The first-order valence-electron chi connectivity index (χ1n) is 9.46. The molecule has 5 rings (SSSR count). The number of fused-ring (bicyclic) bond motifs is 2. The first-order valence-corrected chi connectivity index (χ1v) is 12.9. The van der Waals surface area contributed by atoms with E-state index in [1.54, 1.807) is 45.3 Å². The van der Waals surface area contributed by atoms with E-state index < -0.39 is 0 Å². The van der Waals surface area contributed by atoms with E-state index in [1.165, 1.54) is 29.2 Å². The van der Waals surface area contributed by atoms with Crippen LogP contribution in [-0.4, -0.2) is 12.6 Å². The van der Waals surface area contributed by atoms with Gasteiger partial charge in [-0.05, 0) is 71.6 Å². The molecule has 6 heteroatoms. The highest BCUT2D eigenvalue weighted by atomic mass is 32.1. The Balaban J connectivity index is 1.72. The smallest absolute Gasteiger partial charge is 0.338 e. The summed E-state index contributed by atoms with van der Waals surface area (Å²) in [5.41, 5.74) is 4.05. The summed E-state index contributed by atoms with van der Waals surface area (Å²) in [4.78, 5) is 15.2. The van der Waals surface area contributed by atoms with Crippen molar-refractivity contribution in [3.8, 4) is 20.9 Å². The first kappa shape index (κ1) is 19.0. The van der Waals surface area contributed by atoms with Gasteiger partial charge in [0.1, 0.15) is 0 Å². The molecular weight excluding hydrogens is 437 g/mol. The molecule has 0 bridgehead atoms. The van der Waals surface area contributed by atoms with E-state index in [-0.39, 0.29) is 5.97 Å². The Morgan fingerprint density at radius 3 is 2.00 bits per heavy atom. The van der Waals surface area contributed by atoms with Crippen LogP contribution < -0.4 is 0 Å². The summed E-state index contributed by atoms with van der Waals surface area (Å²) in [6.07, 6.45) is 0.913.